The molecule has 0 bridgehead atoms. The molecule has 1 unspecified atom stereocenters. The topological polar surface area (TPSA) is 63.6 Å². The Balaban J connectivity index is 5.65. The summed E-state index contributed by atoms with van der Waals surface area (Å²) in [5, 5.41) is 8.96. The second kappa shape index (κ2) is 7.15. The SMILES string of the molecule is CC(=O)C(=O)OCC(O)CC(F)(F)C(F)(F)C(F)(C(F)(F)F)C(F)(F)F. The van der Waals surface area contributed by atoms with Crippen LogP contribution in [0.4, 0.5) is 48.3 Å². The van der Waals surface area contributed by atoms with E-state index in [1.165, 1.54) is 0 Å². The third-order valence-corrected chi connectivity index (χ3v) is 2.86. The molecule has 0 aromatic heterocycles. The summed E-state index contributed by atoms with van der Waals surface area (Å²) >= 11 is 0. The predicted octanol–water partition coefficient (Wildman–Crippen LogP) is 2.97. The van der Waals surface area contributed by atoms with Crippen LogP contribution in [0.25, 0.3) is 0 Å². The highest BCUT2D eigenvalue weighted by Gasteiger charge is 2.89. The normalized spacial score (nSPS) is 15.6. The molecule has 15 heteroatoms. The molecule has 0 amide bonds. The van der Waals surface area contributed by atoms with Crippen molar-refractivity contribution < 1.29 is 67.7 Å². The van der Waals surface area contributed by atoms with Gasteiger partial charge in [-0.3, -0.25) is 4.79 Å². The van der Waals surface area contributed by atoms with Crippen LogP contribution in [0, 0.1) is 0 Å². The number of Topliss-reactive ketones (excluding diaryl/α,β-unsaturated/α-hetero) is 1. The Kier molecular flexibility index (Phi) is 6.69. The van der Waals surface area contributed by atoms with Crippen LogP contribution in [0.3, 0.4) is 0 Å². The Morgan fingerprint density at radius 3 is 1.58 bits per heavy atom. The quantitative estimate of drug-likeness (QED) is 0.396. The lowest BCUT2D eigenvalue weighted by atomic mass is 9.88. The highest BCUT2D eigenvalue weighted by Crippen LogP contribution is 2.59. The van der Waals surface area contributed by atoms with Crippen molar-refractivity contribution in [1.82, 2.24) is 0 Å². The zero-order chi connectivity index (χ0) is 21.4. The minimum Gasteiger partial charge on any atom is -0.457 e. The van der Waals surface area contributed by atoms with E-state index in [9.17, 15) is 57.9 Å². The average molecular weight is 414 g/mol. The maximum Gasteiger partial charge on any atom is 0.438 e. The first kappa shape index (κ1) is 24.3. The molecule has 0 aliphatic rings. The summed E-state index contributed by atoms with van der Waals surface area (Å²) in [5.74, 6) is -16.9. The number of ketones is 1. The van der Waals surface area contributed by atoms with Crippen molar-refractivity contribution in [1.29, 1.82) is 0 Å². The van der Waals surface area contributed by atoms with Gasteiger partial charge < -0.3 is 9.84 Å². The molecule has 0 aliphatic carbocycles. The minimum atomic E-state index is -7.63. The van der Waals surface area contributed by atoms with Gasteiger partial charge in [-0.25, -0.2) is 9.18 Å². The van der Waals surface area contributed by atoms with Gasteiger partial charge in [-0.05, 0) is 0 Å². The number of rotatable bonds is 7. The molecule has 0 aliphatic heterocycles. The number of carbonyl (C=O) groups is 2. The number of alkyl halides is 11. The summed E-state index contributed by atoms with van der Waals surface area (Å²) in [6, 6.07) is 0. The van der Waals surface area contributed by atoms with Gasteiger partial charge in [0.15, 0.2) is 0 Å². The number of aliphatic hydroxyl groups is 1. The Morgan fingerprint density at radius 2 is 1.27 bits per heavy atom. The van der Waals surface area contributed by atoms with Crippen molar-refractivity contribution in [3.8, 4) is 0 Å². The van der Waals surface area contributed by atoms with Gasteiger partial charge in [0.2, 0.25) is 5.78 Å². The third kappa shape index (κ3) is 4.35. The van der Waals surface area contributed by atoms with Crippen LogP contribution in [0.1, 0.15) is 13.3 Å². The van der Waals surface area contributed by atoms with Crippen molar-refractivity contribution in [3.63, 3.8) is 0 Å². The summed E-state index contributed by atoms with van der Waals surface area (Å²) in [4.78, 5) is 21.1. The molecule has 154 valence electrons. The number of esters is 1. The molecule has 1 atom stereocenters. The fourth-order valence-electron chi connectivity index (χ4n) is 1.53. The highest BCUT2D eigenvalue weighted by molar-refractivity contribution is 6.32. The van der Waals surface area contributed by atoms with Crippen LogP contribution in [0.2, 0.25) is 0 Å². The molecular formula is C11H9F11O4. The number of hydrogen-bond acceptors (Lipinski definition) is 4. The van der Waals surface area contributed by atoms with Gasteiger partial charge >= 0.3 is 35.8 Å². The molecule has 0 rings (SSSR count). The van der Waals surface area contributed by atoms with Crippen molar-refractivity contribution >= 4 is 11.8 Å². The lowest BCUT2D eigenvalue weighted by Gasteiger charge is -2.40. The maximum atomic E-state index is 13.3. The lowest BCUT2D eigenvalue weighted by Crippen LogP contribution is -2.70. The van der Waals surface area contributed by atoms with Gasteiger partial charge in [-0.1, -0.05) is 0 Å². The van der Waals surface area contributed by atoms with Crippen molar-refractivity contribution in [2.45, 2.75) is 49.3 Å². The molecule has 0 saturated heterocycles. The standard InChI is InChI=1S/C11H9F11O4/c1-4(23)6(25)26-3-5(24)2-7(12,13)9(15,16)8(14,10(17,18)19)11(20,21)22/h5,24H,2-3H2,1H3. The van der Waals surface area contributed by atoms with Gasteiger partial charge in [0, 0.05) is 13.3 Å². The zero-order valence-corrected chi connectivity index (χ0v) is 12.3. The van der Waals surface area contributed by atoms with E-state index in [0.29, 0.717) is 6.92 Å². The van der Waals surface area contributed by atoms with Crippen LogP contribution in [-0.4, -0.2) is 59.4 Å². The molecule has 0 fully saturated rings. The van der Waals surface area contributed by atoms with E-state index in [4.69, 9.17) is 5.11 Å². The van der Waals surface area contributed by atoms with Gasteiger partial charge in [0.05, 0.1) is 6.10 Å². The third-order valence-electron chi connectivity index (χ3n) is 2.86. The average Bonchev–Trinajstić information content (AvgIpc) is 2.40. The molecule has 0 aromatic carbocycles. The Morgan fingerprint density at radius 1 is 0.885 bits per heavy atom. The molecule has 26 heavy (non-hydrogen) atoms. The first-order valence-electron chi connectivity index (χ1n) is 6.16. The molecule has 0 spiro atoms. The Labute approximate surface area is 136 Å². The number of halogens is 11. The van der Waals surface area contributed by atoms with Gasteiger partial charge in [-0.15, -0.1) is 0 Å². The predicted molar refractivity (Wildman–Crippen MR) is 58.1 cm³/mol. The van der Waals surface area contributed by atoms with E-state index in [2.05, 4.69) is 4.74 Å². The van der Waals surface area contributed by atoms with Crippen LogP contribution in [0.15, 0.2) is 0 Å². The smallest absolute Gasteiger partial charge is 0.438 e. The van der Waals surface area contributed by atoms with Crippen LogP contribution >= 0.6 is 0 Å². The van der Waals surface area contributed by atoms with E-state index < -0.39 is 60.8 Å². The molecular weight excluding hydrogens is 405 g/mol. The molecule has 0 saturated carbocycles. The van der Waals surface area contributed by atoms with Crippen LogP contribution in [0.5, 0.6) is 0 Å². The molecule has 0 heterocycles. The molecule has 4 nitrogen and oxygen atoms in total. The second-order valence-electron chi connectivity index (χ2n) is 4.95. The monoisotopic (exact) mass is 414 g/mol. The summed E-state index contributed by atoms with van der Waals surface area (Å²) in [5.41, 5.74) is -7.63. The largest absolute Gasteiger partial charge is 0.457 e. The second-order valence-corrected chi connectivity index (χ2v) is 4.95. The molecule has 0 radical (unpaired) electrons. The van der Waals surface area contributed by atoms with E-state index in [0.717, 1.165) is 0 Å². The Hall–Kier alpha value is -1.67. The van der Waals surface area contributed by atoms with Gasteiger partial charge in [-0.2, -0.15) is 43.9 Å². The van der Waals surface area contributed by atoms with Crippen molar-refractivity contribution in [3.05, 3.63) is 0 Å². The van der Waals surface area contributed by atoms with Crippen LogP contribution in [-0.2, 0) is 14.3 Å². The van der Waals surface area contributed by atoms with Gasteiger partial charge in [0.1, 0.15) is 6.61 Å². The number of aliphatic hydroxyl groups excluding tert-OH is 1. The van der Waals surface area contributed by atoms with Crippen LogP contribution < -0.4 is 0 Å². The van der Waals surface area contributed by atoms with Crippen molar-refractivity contribution in [2.24, 2.45) is 0 Å². The summed E-state index contributed by atoms with van der Waals surface area (Å²) < 4.78 is 144. The van der Waals surface area contributed by atoms with E-state index in [-0.39, 0.29) is 0 Å². The summed E-state index contributed by atoms with van der Waals surface area (Å²) in [6.07, 6.45) is -20.7. The molecule has 0 aromatic rings. The first-order valence-corrected chi connectivity index (χ1v) is 6.16. The number of ether oxygens (including phenoxy) is 1. The molecule has 1 N–H and O–H groups in total. The minimum absolute atomic E-state index is 0.599. The fourth-order valence-corrected chi connectivity index (χ4v) is 1.53. The fraction of sp³-hybridized carbons (Fsp3) is 0.818. The van der Waals surface area contributed by atoms with Crippen molar-refractivity contribution in [2.75, 3.05) is 6.61 Å². The first-order chi connectivity index (χ1) is 11.2. The Bertz CT molecular complexity index is 523. The van der Waals surface area contributed by atoms with E-state index in [1.807, 2.05) is 0 Å². The number of carbonyl (C=O) groups excluding carboxylic acids is 2. The maximum absolute atomic E-state index is 13.3. The lowest BCUT2D eigenvalue weighted by molar-refractivity contribution is -0.428. The zero-order valence-electron chi connectivity index (χ0n) is 12.3. The summed E-state index contributed by atoms with van der Waals surface area (Å²) in [7, 11) is 0. The van der Waals surface area contributed by atoms with E-state index >= 15 is 0 Å². The van der Waals surface area contributed by atoms with Gasteiger partial charge in [0.25, 0.3) is 0 Å². The van der Waals surface area contributed by atoms with E-state index in [1.54, 1.807) is 0 Å². The number of hydrogen-bond donors (Lipinski definition) is 1. The summed E-state index contributed by atoms with van der Waals surface area (Å²) in [6.45, 7) is -1.05. The highest BCUT2D eigenvalue weighted by atomic mass is 19.4.